The lowest BCUT2D eigenvalue weighted by molar-refractivity contribution is 0.568. The van der Waals surface area contributed by atoms with Gasteiger partial charge in [-0.2, -0.15) is 0 Å². The maximum Gasteiger partial charge on any atom is 0.216 e. The van der Waals surface area contributed by atoms with E-state index >= 15 is 0 Å². The molecule has 0 amide bonds. The number of halogens is 1. The Balaban J connectivity index is 0.00000480. The molecule has 31 heavy (non-hydrogen) atoms. The van der Waals surface area contributed by atoms with Crippen LogP contribution < -0.4 is 15.4 Å². The molecule has 0 atom stereocenters. The summed E-state index contributed by atoms with van der Waals surface area (Å²) in [7, 11) is -1.66. The Kier molecular flexibility index (Phi) is 11.9. The lowest BCUT2D eigenvalue weighted by Gasteiger charge is -2.16. The molecule has 0 heterocycles. The van der Waals surface area contributed by atoms with Crippen molar-refractivity contribution in [3.05, 3.63) is 64.7 Å². The molecule has 6 nitrogen and oxygen atoms in total. The van der Waals surface area contributed by atoms with Gasteiger partial charge in [0.25, 0.3) is 0 Å². The van der Waals surface area contributed by atoms with E-state index in [-0.39, 0.29) is 35.8 Å². The second-order valence-electron chi connectivity index (χ2n) is 7.39. The molecule has 0 aliphatic carbocycles. The van der Waals surface area contributed by atoms with Gasteiger partial charge >= 0.3 is 0 Å². The highest BCUT2D eigenvalue weighted by Gasteiger charge is 2.15. The van der Waals surface area contributed by atoms with Crippen LogP contribution >= 0.6 is 35.7 Å². The molecule has 0 saturated heterocycles. The zero-order chi connectivity index (χ0) is 22.1. The summed E-state index contributed by atoms with van der Waals surface area (Å²) in [6.45, 7) is 6.86. The van der Waals surface area contributed by atoms with E-state index in [9.17, 15) is 8.42 Å². The van der Waals surface area contributed by atoms with E-state index < -0.39 is 10.0 Å². The minimum atomic E-state index is -3.38. The largest absolute Gasteiger partial charge is 0.352 e. The quantitative estimate of drug-likeness (QED) is 0.182. The summed E-state index contributed by atoms with van der Waals surface area (Å²) < 4.78 is 27.3. The molecule has 0 radical (unpaired) electrons. The van der Waals surface area contributed by atoms with Gasteiger partial charge in [-0.15, -0.1) is 35.7 Å². The summed E-state index contributed by atoms with van der Waals surface area (Å²) in [5, 5.41) is 6.63. The van der Waals surface area contributed by atoms with Crippen LogP contribution in [0, 0.1) is 6.92 Å². The van der Waals surface area contributed by atoms with Gasteiger partial charge in [-0.1, -0.05) is 36.4 Å². The van der Waals surface area contributed by atoms with Gasteiger partial charge in [0.1, 0.15) is 0 Å². The minimum Gasteiger partial charge on any atom is -0.352 e. The fourth-order valence-corrected chi connectivity index (χ4v) is 5.25. The van der Waals surface area contributed by atoms with Crippen molar-refractivity contribution >= 4 is 51.7 Å². The molecule has 3 N–H and O–H groups in total. The van der Waals surface area contributed by atoms with Crippen LogP contribution in [0.15, 0.2) is 52.4 Å². The Hall–Kier alpha value is -1.30. The molecule has 0 aliphatic rings. The van der Waals surface area contributed by atoms with E-state index in [1.165, 1.54) is 16.0 Å². The van der Waals surface area contributed by atoms with Gasteiger partial charge in [0.05, 0.1) is 5.75 Å². The smallest absolute Gasteiger partial charge is 0.216 e. The summed E-state index contributed by atoms with van der Waals surface area (Å²) in [5.41, 5.74) is 4.15. The Bertz CT molecular complexity index is 979. The number of hydrogen-bond donors (Lipinski definition) is 3. The topological polar surface area (TPSA) is 82.6 Å². The maximum atomic E-state index is 12.3. The first-order chi connectivity index (χ1) is 14.2. The number of hydrogen-bond acceptors (Lipinski definition) is 4. The third kappa shape index (κ3) is 9.38. The van der Waals surface area contributed by atoms with Gasteiger partial charge in [0.15, 0.2) is 5.96 Å². The van der Waals surface area contributed by atoms with Gasteiger partial charge in [-0.3, -0.25) is 4.99 Å². The van der Waals surface area contributed by atoms with Crippen LogP contribution in [0.25, 0.3) is 0 Å². The first-order valence-corrected chi connectivity index (χ1v) is 12.8. The van der Waals surface area contributed by atoms with Crippen LogP contribution in [0.4, 0.5) is 0 Å². The molecule has 172 valence electrons. The number of aliphatic imine (C=N–C) groups is 1. The van der Waals surface area contributed by atoms with Crippen molar-refractivity contribution in [1.29, 1.82) is 0 Å². The number of benzene rings is 2. The van der Waals surface area contributed by atoms with E-state index in [1.807, 2.05) is 38.1 Å². The SMILES string of the molecule is CN=C(NCc1ccccc1CS(=O)(=O)NC(C)C)NCc1ccc(C)cc1SC.I. The van der Waals surface area contributed by atoms with Crippen LogP contribution in [-0.4, -0.2) is 33.7 Å². The maximum absolute atomic E-state index is 12.3. The number of guanidine groups is 1. The van der Waals surface area contributed by atoms with Crippen LogP contribution in [0.1, 0.15) is 36.1 Å². The summed E-state index contributed by atoms with van der Waals surface area (Å²) in [6, 6.07) is 13.8. The molecule has 2 aromatic rings. The number of sulfonamides is 1. The molecule has 0 saturated carbocycles. The fraction of sp³-hybridized carbons (Fsp3) is 0.409. The van der Waals surface area contributed by atoms with Crippen molar-refractivity contribution in [2.24, 2.45) is 4.99 Å². The van der Waals surface area contributed by atoms with E-state index in [2.05, 4.69) is 51.7 Å². The second-order valence-corrected chi connectivity index (χ2v) is 10.00. The van der Waals surface area contributed by atoms with E-state index in [1.54, 1.807) is 18.8 Å². The standard InChI is InChI=1S/C22H32N4O2S2.HI/c1-16(2)26-30(27,28)15-20-9-7-6-8-18(20)13-24-22(23-4)25-14-19-11-10-17(3)12-21(19)29-5;/h6-12,16,26H,13-15H2,1-5H3,(H2,23,24,25);1H. The van der Waals surface area contributed by atoms with E-state index in [4.69, 9.17) is 0 Å². The highest BCUT2D eigenvalue weighted by molar-refractivity contribution is 14.0. The number of nitrogens with one attached hydrogen (secondary N) is 3. The van der Waals surface area contributed by atoms with Crippen LogP contribution in [0.3, 0.4) is 0 Å². The number of rotatable bonds is 9. The normalized spacial score (nSPS) is 11.9. The van der Waals surface area contributed by atoms with Crippen molar-refractivity contribution < 1.29 is 8.42 Å². The predicted octanol–water partition coefficient (Wildman–Crippen LogP) is 4.03. The average Bonchev–Trinajstić information content (AvgIpc) is 2.68. The predicted molar refractivity (Wildman–Crippen MR) is 143 cm³/mol. The van der Waals surface area contributed by atoms with Crippen molar-refractivity contribution in [1.82, 2.24) is 15.4 Å². The summed E-state index contributed by atoms with van der Waals surface area (Å²) in [5.74, 6) is 0.621. The van der Waals surface area contributed by atoms with Crippen molar-refractivity contribution in [2.75, 3.05) is 13.3 Å². The molecular formula is C22H33IN4O2S2. The lowest BCUT2D eigenvalue weighted by atomic mass is 10.1. The zero-order valence-electron chi connectivity index (χ0n) is 18.7. The molecule has 9 heteroatoms. The molecule has 0 bridgehead atoms. The summed E-state index contributed by atoms with van der Waals surface area (Å²) >= 11 is 1.73. The number of thioether (sulfide) groups is 1. The Morgan fingerprint density at radius 2 is 1.65 bits per heavy atom. The number of aryl methyl sites for hydroxylation is 1. The average molecular weight is 577 g/mol. The molecule has 0 spiro atoms. The third-order valence-corrected chi connectivity index (χ3v) is 6.78. The van der Waals surface area contributed by atoms with Gasteiger partial charge in [-0.05, 0) is 55.3 Å². The Morgan fingerprint density at radius 1 is 1.03 bits per heavy atom. The van der Waals surface area contributed by atoms with Crippen molar-refractivity contribution in [3.63, 3.8) is 0 Å². The zero-order valence-corrected chi connectivity index (χ0v) is 22.7. The molecule has 0 fully saturated rings. The molecule has 2 rings (SSSR count). The van der Waals surface area contributed by atoms with Gasteiger partial charge in [0.2, 0.25) is 10.0 Å². The minimum absolute atomic E-state index is 0. The fourth-order valence-electron chi connectivity index (χ4n) is 3.05. The molecule has 0 aliphatic heterocycles. The van der Waals surface area contributed by atoms with E-state index in [0.717, 1.165) is 11.1 Å². The van der Waals surface area contributed by atoms with Crippen LogP contribution in [0.5, 0.6) is 0 Å². The molecular weight excluding hydrogens is 543 g/mol. The van der Waals surface area contributed by atoms with Crippen LogP contribution in [0.2, 0.25) is 0 Å². The third-order valence-electron chi connectivity index (χ3n) is 4.44. The van der Waals surface area contributed by atoms with Gasteiger partial charge in [0, 0.05) is 31.1 Å². The molecule has 0 unspecified atom stereocenters. The van der Waals surface area contributed by atoms with Crippen LogP contribution in [-0.2, 0) is 28.9 Å². The highest BCUT2D eigenvalue weighted by Crippen LogP contribution is 2.21. The Labute approximate surface area is 208 Å². The summed E-state index contributed by atoms with van der Waals surface area (Å²) in [6.07, 6.45) is 2.07. The van der Waals surface area contributed by atoms with E-state index in [0.29, 0.717) is 19.0 Å². The Morgan fingerprint density at radius 3 is 2.23 bits per heavy atom. The first kappa shape index (κ1) is 27.7. The second kappa shape index (κ2) is 13.3. The first-order valence-electron chi connectivity index (χ1n) is 9.89. The molecule has 0 aromatic heterocycles. The monoisotopic (exact) mass is 576 g/mol. The lowest BCUT2D eigenvalue weighted by Crippen LogP contribution is -2.37. The number of nitrogens with zero attached hydrogens (tertiary/aromatic N) is 1. The van der Waals surface area contributed by atoms with Gasteiger partial charge in [-0.25, -0.2) is 13.1 Å². The van der Waals surface area contributed by atoms with Gasteiger partial charge < -0.3 is 10.6 Å². The van der Waals surface area contributed by atoms with Crippen molar-refractivity contribution in [3.8, 4) is 0 Å². The summed E-state index contributed by atoms with van der Waals surface area (Å²) in [4.78, 5) is 5.53. The van der Waals surface area contributed by atoms with Crippen molar-refractivity contribution in [2.45, 2.75) is 50.6 Å². The highest BCUT2D eigenvalue weighted by atomic mass is 127. The molecule has 2 aromatic carbocycles.